The van der Waals surface area contributed by atoms with Crippen molar-refractivity contribution in [2.75, 3.05) is 14.2 Å². The molecule has 2 fully saturated rings. The lowest BCUT2D eigenvalue weighted by molar-refractivity contribution is -0.141. The summed E-state index contributed by atoms with van der Waals surface area (Å²) >= 11 is 6.19. The number of amides is 1. The van der Waals surface area contributed by atoms with E-state index in [0.29, 0.717) is 11.3 Å². The quantitative estimate of drug-likeness (QED) is 0.392. The summed E-state index contributed by atoms with van der Waals surface area (Å²) in [4.78, 5) is 27.9. The summed E-state index contributed by atoms with van der Waals surface area (Å²) in [6, 6.07) is 8.38. The highest BCUT2D eigenvalue weighted by Gasteiger charge is 2.49. The van der Waals surface area contributed by atoms with Crippen LogP contribution in [0.3, 0.4) is 0 Å². The number of methoxy groups -OCH3 is 2. The van der Waals surface area contributed by atoms with Crippen LogP contribution in [0.1, 0.15) is 42.9 Å². The van der Waals surface area contributed by atoms with Crippen molar-refractivity contribution < 1.29 is 29.3 Å². The van der Waals surface area contributed by atoms with E-state index in [0.717, 1.165) is 25.7 Å². The summed E-state index contributed by atoms with van der Waals surface area (Å²) in [5.41, 5.74) is 0.785. The fourth-order valence-corrected chi connectivity index (χ4v) is 4.81. The van der Waals surface area contributed by atoms with E-state index in [9.17, 15) is 19.8 Å². The average molecular weight is 458 g/mol. The fourth-order valence-electron chi connectivity index (χ4n) is 4.58. The molecule has 4 rings (SSSR count). The maximum absolute atomic E-state index is 13.2. The van der Waals surface area contributed by atoms with E-state index in [2.05, 4.69) is 0 Å². The first-order chi connectivity index (χ1) is 15.4. The molecule has 1 saturated heterocycles. The second kappa shape index (κ2) is 8.74. The number of carbonyl (C=O) groups excluding carboxylic acids is 2. The third-order valence-corrected chi connectivity index (χ3v) is 6.43. The lowest BCUT2D eigenvalue weighted by Gasteiger charge is -2.30. The van der Waals surface area contributed by atoms with Crippen LogP contribution in [-0.4, -0.2) is 47.1 Å². The second-order valence-electron chi connectivity index (χ2n) is 7.92. The van der Waals surface area contributed by atoms with Crippen molar-refractivity contribution in [2.24, 2.45) is 0 Å². The van der Waals surface area contributed by atoms with Crippen molar-refractivity contribution in [1.29, 1.82) is 0 Å². The number of phenolic OH excluding ortho intramolecular Hbond substituents is 1. The number of hydrogen-bond acceptors (Lipinski definition) is 6. The lowest BCUT2D eigenvalue weighted by Crippen LogP contribution is -2.37. The predicted octanol–water partition coefficient (Wildman–Crippen LogP) is 4.43. The number of aliphatic hydroxyl groups is 1. The number of likely N-dealkylation sites (tertiary alicyclic amines) is 1. The van der Waals surface area contributed by atoms with Gasteiger partial charge in [0.15, 0.2) is 0 Å². The second-order valence-corrected chi connectivity index (χ2v) is 8.33. The standard InChI is InChI=1S/C24H24ClNO6/c1-31-18-12-17(25)19(32-2)11-16(18)22(28)20-21(13-7-9-15(27)10-8-13)26(24(30)23(20)29)14-5-3-4-6-14/h7-12,14,21,27-28H,3-6H2,1-2H3/b22-20+. The molecule has 2 aromatic carbocycles. The van der Waals surface area contributed by atoms with E-state index >= 15 is 0 Å². The van der Waals surface area contributed by atoms with Gasteiger partial charge in [-0.2, -0.15) is 0 Å². The molecule has 0 radical (unpaired) electrons. The zero-order chi connectivity index (χ0) is 23.0. The van der Waals surface area contributed by atoms with Gasteiger partial charge >= 0.3 is 0 Å². The monoisotopic (exact) mass is 457 g/mol. The number of hydrogen-bond donors (Lipinski definition) is 2. The molecule has 32 heavy (non-hydrogen) atoms. The van der Waals surface area contributed by atoms with Gasteiger partial charge in [0.05, 0.1) is 36.4 Å². The number of benzene rings is 2. The Morgan fingerprint density at radius 2 is 1.66 bits per heavy atom. The van der Waals surface area contributed by atoms with Crippen molar-refractivity contribution >= 4 is 29.1 Å². The van der Waals surface area contributed by atoms with Crippen LogP contribution < -0.4 is 9.47 Å². The normalized spacial score (nSPS) is 20.7. The number of Topliss-reactive ketones (excluding diaryl/α,β-unsaturated/α-hetero) is 1. The molecule has 1 amide bonds. The third kappa shape index (κ3) is 3.66. The zero-order valence-electron chi connectivity index (χ0n) is 17.8. The highest BCUT2D eigenvalue weighted by Crippen LogP contribution is 2.45. The smallest absolute Gasteiger partial charge is 0.295 e. The number of aliphatic hydroxyl groups excluding tert-OH is 1. The summed E-state index contributed by atoms with van der Waals surface area (Å²) < 4.78 is 10.6. The molecular formula is C24H24ClNO6. The number of rotatable bonds is 5. The van der Waals surface area contributed by atoms with Gasteiger partial charge in [-0.1, -0.05) is 36.6 Å². The molecule has 1 heterocycles. The van der Waals surface area contributed by atoms with Crippen molar-refractivity contribution in [1.82, 2.24) is 4.90 Å². The Kier molecular flexibility index (Phi) is 6.02. The Morgan fingerprint density at radius 1 is 1.03 bits per heavy atom. The molecule has 1 aliphatic heterocycles. The molecule has 2 aromatic rings. The molecular weight excluding hydrogens is 434 g/mol. The molecule has 0 aromatic heterocycles. The summed E-state index contributed by atoms with van der Waals surface area (Å²) in [5.74, 6) is -1.17. The number of carbonyl (C=O) groups is 2. The van der Waals surface area contributed by atoms with E-state index in [1.54, 1.807) is 17.0 Å². The Balaban J connectivity index is 1.94. The topological polar surface area (TPSA) is 96.3 Å². The molecule has 0 bridgehead atoms. The van der Waals surface area contributed by atoms with Crippen molar-refractivity contribution in [2.45, 2.75) is 37.8 Å². The summed E-state index contributed by atoms with van der Waals surface area (Å²) in [7, 11) is 2.86. The minimum Gasteiger partial charge on any atom is -0.508 e. The van der Waals surface area contributed by atoms with E-state index in [-0.39, 0.29) is 39.5 Å². The van der Waals surface area contributed by atoms with Gasteiger partial charge in [0.1, 0.15) is 23.0 Å². The summed E-state index contributed by atoms with van der Waals surface area (Å²) in [6.07, 6.45) is 3.52. The third-order valence-electron chi connectivity index (χ3n) is 6.14. The van der Waals surface area contributed by atoms with Gasteiger partial charge in [0.2, 0.25) is 0 Å². The number of halogens is 1. The molecule has 168 valence electrons. The minimum atomic E-state index is -0.787. The van der Waals surface area contributed by atoms with E-state index in [1.165, 1.54) is 38.5 Å². The van der Waals surface area contributed by atoms with Crippen LogP contribution >= 0.6 is 11.6 Å². The molecule has 7 nitrogen and oxygen atoms in total. The van der Waals surface area contributed by atoms with Crippen LogP contribution in [0.25, 0.3) is 5.76 Å². The highest BCUT2D eigenvalue weighted by molar-refractivity contribution is 6.46. The molecule has 1 aliphatic carbocycles. The van der Waals surface area contributed by atoms with Crippen LogP contribution in [0, 0.1) is 0 Å². The van der Waals surface area contributed by atoms with Gasteiger partial charge in [-0.05, 0) is 36.6 Å². The summed E-state index contributed by atoms with van der Waals surface area (Å²) in [6.45, 7) is 0. The fraction of sp³-hybridized carbons (Fsp3) is 0.333. The van der Waals surface area contributed by atoms with Gasteiger partial charge in [0, 0.05) is 12.1 Å². The van der Waals surface area contributed by atoms with Crippen LogP contribution in [0.15, 0.2) is 42.0 Å². The van der Waals surface area contributed by atoms with Gasteiger partial charge in [-0.25, -0.2) is 0 Å². The number of ketones is 1. The van der Waals surface area contributed by atoms with Crippen molar-refractivity contribution in [3.63, 3.8) is 0 Å². The number of phenols is 1. The Hall–Kier alpha value is -3.19. The Bertz CT molecular complexity index is 1090. The molecule has 2 N–H and O–H groups in total. The highest BCUT2D eigenvalue weighted by atomic mass is 35.5. The maximum atomic E-state index is 13.2. The van der Waals surface area contributed by atoms with E-state index in [1.807, 2.05) is 0 Å². The van der Waals surface area contributed by atoms with Crippen molar-refractivity contribution in [3.8, 4) is 17.2 Å². The van der Waals surface area contributed by atoms with Gasteiger partial charge in [-0.3, -0.25) is 9.59 Å². The first-order valence-electron chi connectivity index (χ1n) is 10.4. The van der Waals surface area contributed by atoms with Crippen LogP contribution in [0.2, 0.25) is 5.02 Å². The molecule has 1 atom stereocenters. The van der Waals surface area contributed by atoms with Crippen LogP contribution in [-0.2, 0) is 9.59 Å². The van der Waals surface area contributed by atoms with Gasteiger partial charge in [-0.15, -0.1) is 0 Å². The molecule has 8 heteroatoms. The lowest BCUT2D eigenvalue weighted by atomic mass is 9.94. The largest absolute Gasteiger partial charge is 0.508 e. The predicted molar refractivity (Wildman–Crippen MR) is 119 cm³/mol. The first-order valence-corrected chi connectivity index (χ1v) is 10.8. The van der Waals surface area contributed by atoms with E-state index in [4.69, 9.17) is 21.1 Å². The van der Waals surface area contributed by atoms with E-state index < -0.39 is 17.7 Å². The maximum Gasteiger partial charge on any atom is 0.295 e. The Labute approximate surface area is 190 Å². The number of nitrogens with zero attached hydrogens (tertiary/aromatic N) is 1. The zero-order valence-corrected chi connectivity index (χ0v) is 18.6. The number of aromatic hydroxyl groups is 1. The molecule has 0 spiro atoms. The number of ether oxygens (including phenoxy) is 2. The molecule has 1 unspecified atom stereocenters. The van der Waals surface area contributed by atoms with Crippen LogP contribution in [0.5, 0.6) is 17.2 Å². The van der Waals surface area contributed by atoms with Gasteiger partial charge in [0.25, 0.3) is 11.7 Å². The SMILES string of the molecule is COc1cc(/C(O)=C2\C(=O)C(=O)N(C3CCCC3)C2c2ccc(O)cc2)c(OC)cc1Cl. The summed E-state index contributed by atoms with van der Waals surface area (Å²) in [5, 5.41) is 21.3. The van der Waals surface area contributed by atoms with Gasteiger partial charge < -0.3 is 24.6 Å². The Morgan fingerprint density at radius 3 is 2.25 bits per heavy atom. The first kappa shape index (κ1) is 22.0. The van der Waals surface area contributed by atoms with Crippen LogP contribution in [0.4, 0.5) is 0 Å². The molecule has 2 aliphatic rings. The molecule has 1 saturated carbocycles. The average Bonchev–Trinajstić information content (AvgIpc) is 3.40. The minimum absolute atomic E-state index is 0.0322. The van der Waals surface area contributed by atoms with Crippen molar-refractivity contribution in [3.05, 3.63) is 58.1 Å².